The summed E-state index contributed by atoms with van der Waals surface area (Å²) >= 11 is 15.7. The van der Waals surface area contributed by atoms with E-state index in [4.69, 9.17) is 23.2 Å². The SMILES string of the molecule is CC(=O)NNC(=O)c1cc(Cl)cc(C)c1NC(=O)c1cc(Br)cn1-c1cccnc1Cl. The number of nitrogens with zero attached hydrogens (tertiary/aromatic N) is 2. The lowest BCUT2D eigenvalue weighted by atomic mass is 10.1. The van der Waals surface area contributed by atoms with Crippen LogP contribution in [0.1, 0.15) is 33.3 Å². The Morgan fingerprint density at radius 1 is 1.10 bits per heavy atom. The average Bonchev–Trinajstić information content (AvgIpc) is 3.09. The number of pyridine rings is 1. The van der Waals surface area contributed by atoms with Crippen molar-refractivity contribution in [3.8, 4) is 5.69 Å². The van der Waals surface area contributed by atoms with E-state index in [9.17, 15) is 14.4 Å². The third-order valence-electron chi connectivity index (χ3n) is 4.15. The van der Waals surface area contributed by atoms with Crippen molar-refractivity contribution in [3.05, 3.63) is 74.2 Å². The molecule has 3 amide bonds. The fourth-order valence-corrected chi connectivity index (χ4v) is 3.74. The first-order chi connectivity index (χ1) is 14.7. The highest BCUT2D eigenvalue weighted by molar-refractivity contribution is 9.10. The van der Waals surface area contributed by atoms with Crippen molar-refractivity contribution >= 4 is 62.5 Å². The molecule has 160 valence electrons. The molecule has 0 saturated heterocycles. The smallest absolute Gasteiger partial charge is 0.272 e. The summed E-state index contributed by atoms with van der Waals surface area (Å²) in [6, 6.07) is 8.04. The number of hydrogen-bond acceptors (Lipinski definition) is 4. The molecule has 3 aromatic rings. The number of halogens is 3. The maximum atomic E-state index is 13.2. The van der Waals surface area contributed by atoms with Crippen LogP contribution in [0.25, 0.3) is 5.69 Å². The summed E-state index contributed by atoms with van der Waals surface area (Å²) in [6.45, 7) is 2.95. The number of carbonyl (C=O) groups is 3. The standard InChI is InChI=1S/C20H16BrCl2N5O3/c1-10-6-13(22)8-14(19(30)27-26-11(2)29)17(10)25-20(31)16-7-12(21)9-28(16)15-4-3-5-24-18(15)23/h3-9H,1-2H3,(H,25,31)(H,26,29)(H,27,30). The second kappa shape index (κ2) is 9.51. The summed E-state index contributed by atoms with van der Waals surface area (Å²) < 4.78 is 2.23. The molecule has 0 fully saturated rings. The summed E-state index contributed by atoms with van der Waals surface area (Å²) in [5.74, 6) is -1.58. The van der Waals surface area contributed by atoms with Crippen LogP contribution < -0.4 is 16.2 Å². The van der Waals surface area contributed by atoms with Gasteiger partial charge in [0.2, 0.25) is 5.91 Å². The minimum Gasteiger partial charge on any atom is -0.320 e. The average molecular weight is 525 g/mol. The first-order valence-electron chi connectivity index (χ1n) is 8.84. The molecule has 0 bridgehead atoms. The van der Waals surface area contributed by atoms with E-state index in [-0.39, 0.29) is 22.1 Å². The second-order valence-corrected chi connectivity index (χ2v) is 8.17. The molecule has 3 N–H and O–H groups in total. The molecular weight excluding hydrogens is 509 g/mol. The number of carbonyl (C=O) groups excluding carboxylic acids is 3. The van der Waals surface area contributed by atoms with E-state index >= 15 is 0 Å². The minimum atomic E-state index is -0.636. The third kappa shape index (κ3) is 5.25. The predicted molar refractivity (Wildman–Crippen MR) is 122 cm³/mol. The predicted octanol–water partition coefficient (Wildman–Crippen LogP) is 4.28. The Labute approximate surface area is 196 Å². The summed E-state index contributed by atoms with van der Waals surface area (Å²) in [7, 11) is 0. The highest BCUT2D eigenvalue weighted by atomic mass is 79.9. The lowest BCUT2D eigenvalue weighted by molar-refractivity contribution is -0.119. The van der Waals surface area contributed by atoms with Crippen LogP contribution in [-0.2, 0) is 4.79 Å². The van der Waals surface area contributed by atoms with Gasteiger partial charge in [0.15, 0.2) is 5.15 Å². The van der Waals surface area contributed by atoms with E-state index in [1.807, 2.05) is 0 Å². The molecule has 0 spiro atoms. The Hall–Kier alpha value is -2.88. The lowest BCUT2D eigenvalue weighted by Crippen LogP contribution is -2.40. The third-order valence-corrected chi connectivity index (χ3v) is 5.10. The number of benzene rings is 1. The molecule has 2 heterocycles. The molecular formula is C20H16BrCl2N5O3. The molecule has 8 nitrogen and oxygen atoms in total. The molecule has 0 radical (unpaired) electrons. The van der Waals surface area contributed by atoms with E-state index < -0.39 is 17.7 Å². The molecule has 0 aliphatic carbocycles. The van der Waals surface area contributed by atoms with Crippen molar-refractivity contribution in [1.82, 2.24) is 20.4 Å². The Morgan fingerprint density at radius 3 is 2.52 bits per heavy atom. The number of nitrogens with one attached hydrogen (secondary N) is 3. The van der Waals surface area contributed by atoms with Gasteiger partial charge in [-0.15, -0.1) is 0 Å². The number of amides is 3. The van der Waals surface area contributed by atoms with Crippen molar-refractivity contribution in [2.45, 2.75) is 13.8 Å². The summed E-state index contributed by atoms with van der Waals surface area (Å²) in [4.78, 5) is 40.9. The molecule has 3 rings (SSSR count). The number of aryl methyl sites for hydroxylation is 1. The van der Waals surface area contributed by atoms with Crippen LogP contribution in [-0.4, -0.2) is 27.3 Å². The van der Waals surface area contributed by atoms with E-state index in [1.54, 1.807) is 48.1 Å². The fourth-order valence-electron chi connectivity index (χ4n) is 2.84. The van der Waals surface area contributed by atoms with Crippen LogP contribution in [0, 0.1) is 6.92 Å². The largest absolute Gasteiger partial charge is 0.320 e. The lowest BCUT2D eigenvalue weighted by Gasteiger charge is -2.16. The molecule has 0 aliphatic rings. The van der Waals surface area contributed by atoms with Gasteiger partial charge >= 0.3 is 0 Å². The number of hydrogen-bond donors (Lipinski definition) is 3. The van der Waals surface area contributed by atoms with Gasteiger partial charge in [0, 0.05) is 28.8 Å². The van der Waals surface area contributed by atoms with Gasteiger partial charge < -0.3 is 9.88 Å². The quantitative estimate of drug-likeness (QED) is 0.350. The molecule has 0 atom stereocenters. The van der Waals surface area contributed by atoms with Gasteiger partial charge in [0.1, 0.15) is 5.69 Å². The van der Waals surface area contributed by atoms with E-state index in [0.717, 1.165) is 0 Å². The molecule has 11 heteroatoms. The summed E-state index contributed by atoms with van der Waals surface area (Å²) in [5, 5.41) is 3.28. The van der Waals surface area contributed by atoms with Crippen molar-refractivity contribution in [3.63, 3.8) is 0 Å². The normalized spacial score (nSPS) is 10.5. The zero-order valence-electron chi connectivity index (χ0n) is 16.3. The monoisotopic (exact) mass is 523 g/mol. The van der Waals surface area contributed by atoms with Gasteiger partial charge in [-0.05, 0) is 58.7 Å². The Kier molecular flexibility index (Phi) is 6.99. The highest BCUT2D eigenvalue weighted by Crippen LogP contribution is 2.28. The number of rotatable bonds is 4. The van der Waals surface area contributed by atoms with Gasteiger partial charge in [0.25, 0.3) is 11.8 Å². The maximum Gasteiger partial charge on any atom is 0.272 e. The maximum absolute atomic E-state index is 13.2. The van der Waals surface area contributed by atoms with Crippen LogP contribution in [0.3, 0.4) is 0 Å². The molecule has 2 aromatic heterocycles. The fraction of sp³-hybridized carbons (Fsp3) is 0.100. The Balaban J connectivity index is 1.99. The molecule has 31 heavy (non-hydrogen) atoms. The number of anilines is 1. The van der Waals surface area contributed by atoms with Crippen LogP contribution in [0.2, 0.25) is 10.2 Å². The van der Waals surface area contributed by atoms with Gasteiger partial charge in [-0.25, -0.2) is 4.98 Å². The number of aromatic nitrogens is 2. The summed E-state index contributed by atoms with van der Waals surface area (Å²) in [6.07, 6.45) is 3.22. The minimum absolute atomic E-state index is 0.0867. The summed E-state index contributed by atoms with van der Waals surface area (Å²) in [5.41, 5.74) is 6.14. The van der Waals surface area contributed by atoms with E-state index in [2.05, 4.69) is 37.1 Å². The number of hydrazine groups is 1. The topological polar surface area (TPSA) is 105 Å². The van der Waals surface area contributed by atoms with Gasteiger partial charge in [-0.3, -0.25) is 25.2 Å². The van der Waals surface area contributed by atoms with Gasteiger partial charge in [-0.1, -0.05) is 23.2 Å². The van der Waals surface area contributed by atoms with E-state index in [1.165, 1.54) is 13.0 Å². The van der Waals surface area contributed by atoms with Gasteiger partial charge in [-0.2, -0.15) is 0 Å². The Morgan fingerprint density at radius 2 is 1.84 bits per heavy atom. The Bertz CT molecular complexity index is 1200. The zero-order valence-corrected chi connectivity index (χ0v) is 19.4. The van der Waals surface area contributed by atoms with Crippen LogP contribution >= 0.6 is 39.1 Å². The van der Waals surface area contributed by atoms with Crippen LogP contribution in [0.15, 0.2) is 47.2 Å². The highest BCUT2D eigenvalue weighted by Gasteiger charge is 2.21. The van der Waals surface area contributed by atoms with Crippen molar-refractivity contribution in [1.29, 1.82) is 0 Å². The van der Waals surface area contributed by atoms with Crippen molar-refractivity contribution < 1.29 is 14.4 Å². The van der Waals surface area contributed by atoms with Crippen molar-refractivity contribution in [2.24, 2.45) is 0 Å². The van der Waals surface area contributed by atoms with Crippen LogP contribution in [0.4, 0.5) is 5.69 Å². The van der Waals surface area contributed by atoms with E-state index in [0.29, 0.717) is 20.7 Å². The zero-order chi connectivity index (χ0) is 22.7. The first-order valence-corrected chi connectivity index (χ1v) is 10.4. The molecule has 0 unspecified atom stereocenters. The molecule has 0 aliphatic heterocycles. The van der Waals surface area contributed by atoms with Crippen LogP contribution in [0.5, 0.6) is 0 Å². The van der Waals surface area contributed by atoms with Gasteiger partial charge in [0.05, 0.1) is 16.9 Å². The van der Waals surface area contributed by atoms with Crippen molar-refractivity contribution in [2.75, 3.05) is 5.32 Å². The molecule has 1 aromatic carbocycles. The molecule has 0 saturated carbocycles. The second-order valence-electron chi connectivity index (χ2n) is 6.46. The first kappa shape index (κ1) is 22.8.